The SMILES string of the molecule is CCC(C)CS(=O)Cc1cc(F)ccc1CN. The molecule has 0 bridgehead atoms. The molecule has 0 spiro atoms. The molecule has 0 fully saturated rings. The summed E-state index contributed by atoms with van der Waals surface area (Å²) in [6.45, 7) is 4.51. The molecule has 0 saturated heterocycles. The van der Waals surface area contributed by atoms with E-state index >= 15 is 0 Å². The molecule has 17 heavy (non-hydrogen) atoms. The van der Waals surface area contributed by atoms with Crippen molar-refractivity contribution in [1.82, 2.24) is 0 Å². The predicted molar refractivity (Wildman–Crippen MR) is 70.5 cm³/mol. The van der Waals surface area contributed by atoms with Gasteiger partial charge in [0.25, 0.3) is 0 Å². The average molecular weight is 257 g/mol. The van der Waals surface area contributed by atoms with E-state index in [9.17, 15) is 8.60 Å². The zero-order valence-electron chi connectivity index (χ0n) is 10.4. The average Bonchev–Trinajstić information content (AvgIpc) is 2.29. The smallest absolute Gasteiger partial charge is 0.123 e. The maximum atomic E-state index is 13.1. The first-order valence-electron chi connectivity index (χ1n) is 5.89. The standard InChI is InChI=1S/C13H20FNOS/c1-3-10(2)8-17(16)9-12-6-13(14)5-4-11(12)7-15/h4-6,10H,3,7-9,15H2,1-2H3. The van der Waals surface area contributed by atoms with E-state index in [1.54, 1.807) is 6.07 Å². The first-order valence-corrected chi connectivity index (χ1v) is 7.38. The third-order valence-corrected chi connectivity index (χ3v) is 4.45. The molecule has 2 unspecified atom stereocenters. The van der Waals surface area contributed by atoms with Gasteiger partial charge in [-0.25, -0.2) is 4.39 Å². The Morgan fingerprint density at radius 1 is 1.41 bits per heavy atom. The van der Waals surface area contributed by atoms with Gasteiger partial charge in [0.1, 0.15) is 5.82 Å². The first kappa shape index (κ1) is 14.3. The summed E-state index contributed by atoms with van der Waals surface area (Å²) in [5, 5.41) is 0. The molecule has 1 rings (SSSR count). The lowest BCUT2D eigenvalue weighted by Gasteiger charge is -2.10. The van der Waals surface area contributed by atoms with E-state index < -0.39 is 10.8 Å². The van der Waals surface area contributed by atoms with Gasteiger partial charge in [-0.3, -0.25) is 4.21 Å². The van der Waals surface area contributed by atoms with Crippen LogP contribution in [-0.2, 0) is 23.1 Å². The summed E-state index contributed by atoms with van der Waals surface area (Å²) in [7, 11) is -0.943. The minimum absolute atomic E-state index is 0.294. The van der Waals surface area contributed by atoms with Crippen LogP contribution in [-0.4, -0.2) is 9.96 Å². The maximum absolute atomic E-state index is 13.1. The fourth-order valence-corrected chi connectivity index (χ4v) is 3.20. The van der Waals surface area contributed by atoms with Crippen LogP contribution in [0.15, 0.2) is 18.2 Å². The van der Waals surface area contributed by atoms with E-state index in [0.29, 0.717) is 24.0 Å². The molecule has 96 valence electrons. The Labute approximate surface area is 105 Å². The van der Waals surface area contributed by atoms with Gasteiger partial charge in [0, 0.05) is 28.9 Å². The Morgan fingerprint density at radius 3 is 2.71 bits per heavy atom. The normalized spacial score (nSPS) is 14.6. The van der Waals surface area contributed by atoms with Crippen molar-refractivity contribution in [3.8, 4) is 0 Å². The van der Waals surface area contributed by atoms with Crippen molar-refractivity contribution in [2.75, 3.05) is 5.75 Å². The van der Waals surface area contributed by atoms with Crippen LogP contribution in [0.4, 0.5) is 4.39 Å². The lowest BCUT2D eigenvalue weighted by atomic mass is 10.1. The van der Waals surface area contributed by atoms with Gasteiger partial charge < -0.3 is 5.73 Å². The Hall–Kier alpha value is -0.740. The number of benzene rings is 1. The van der Waals surface area contributed by atoms with E-state index in [2.05, 4.69) is 13.8 Å². The van der Waals surface area contributed by atoms with Crippen LogP contribution in [0.3, 0.4) is 0 Å². The molecule has 2 nitrogen and oxygen atoms in total. The lowest BCUT2D eigenvalue weighted by molar-refractivity contribution is 0.614. The Balaban J connectivity index is 2.73. The lowest BCUT2D eigenvalue weighted by Crippen LogP contribution is -2.11. The monoisotopic (exact) mass is 257 g/mol. The van der Waals surface area contributed by atoms with Crippen LogP contribution >= 0.6 is 0 Å². The van der Waals surface area contributed by atoms with Gasteiger partial charge in [0.05, 0.1) is 0 Å². The van der Waals surface area contributed by atoms with E-state index in [1.165, 1.54) is 12.1 Å². The number of nitrogens with two attached hydrogens (primary N) is 1. The Morgan fingerprint density at radius 2 is 2.12 bits per heavy atom. The molecule has 0 radical (unpaired) electrons. The Kier molecular flexibility index (Phi) is 5.78. The van der Waals surface area contributed by atoms with Gasteiger partial charge in [-0.2, -0.15) is 0 Å². The fraction of sp³-hybridized carbons (Fsp3) is 0.538. The third kappa shape index (κ3) is 4.56. The summed E-state index contributed by atoms with van der Waals surface area (Å²) >= 11 is 0. The highest BCUT2D eigenvalue weighted by Gasteiger charge is 2.10. The summed E-state index contributed by atoms with van der Waals surface area (Å²) in [5.41, 5.74) is 7.23. The quantitative estimate of drug-likeness (QED) is 0.851. The van der Waals surface area contributed by atoms with Gasteiger partial charge in [-0.15, -0.1) is 0 Å². The van der Waals surface area contributed by atoms with Crippen LogP contribution in [0.5, 0.6) is 0 Å². The largest absolute Gasteiger partial charge is 0.326 e. The second kappa shape index (κ2) is 6.87. The minimum Gasteiger partial charge on any atom is -0.326 e. The summed E-state index contributed by atoms with van der Waals surface area (Å²) in [4.78, 5) is 0. The number of hydrogen-bond donors (Lipinski definition) is 1. The molecule has 0 aliphatic rings. The zero-order chi connectivity index (χ0) is 12.8. The molecular weight excluding hydrogens is 237 g/mol. The van der Waals surface area contributed by atoms with Crippen molar-refractivity contribution in [2.24, 2.45) is 11.7 Å². The summed E-state index contributed by atoms with van der Waals surface area (Å²) in [6.07, 6.45) is 1.01. The molecule has 1 aromatic carbocycles. The fourth-order valence-electron chi connectivity index (χ4n) is 1.60. The van der Waals surface area contributed by atoms with Crippen LogP contribution in [0.1, 0.15) is 31.4 Å². The van der Waals surface area contributed by atoms with E-state index in [4.69, 9.17) is 5.73 Å². The van der Waals surface area contributed by atoms with Gasteiger partial charge in [0.2, 0.25) is 0 Å². The number of rotatable bonds is 6. The summed E-state index contributed by atoms with van der Waals surface area (Å²) < 4.78 is 25.0. The summed E-state index contributed by atoms with van der Waals surface area (Å²) in [5.74, 6) is 1.20. The molecule has 0 aliphatic heterocycles. The molecule has 0 heterocycles. The predicted octanol–water partition coefficient (Wildman–Crippen LogP) is 2.58. The second-order valence-corrected chi connectivity index (χ2v) is 5.88. The topological polar surface area (TPSA) is 43.1 Å². The van der Waals surface area contributed by atoms with Crippen LogP contribution in [0.2, 0.25) is 0 Å². The molecule has 1 aromatic rings. The highest BCUT2D eigenvalue weighted by molar-refractivity contribution is 7.84. The van der Waals surface area contributed by atoms with E-state index in [-0.39, 0.29) is 5.82 Å². The van der Waals surface area contributed by atoms with Crippen molar-refractivity contribution in [2.45, 2.75) is 32.6 Å². The van der Waals surface area contributed by atoms with E-state index in [1.807, 2.05) is 0 Å². The van der Waals surface area contributed by atoms with Crippen LogP contribution in [0, 0.1) is 11.7 Å². The van der Waals surface area contributed by atoms with Crippen molar-refractivity contribution in [3.05, 3.63) is 35.1 Å². The van der Waals surface area contributed by atoms with Crippen molar-refractivity contribution < 1.29 is 8.60 Å². The molecule has 0 amide bonds. The van der Waals surface area contributed by atoms with Crippen LogP contribution in [0.25, 0.3) is 0 Å². The molecule has 2 atom stereocenters. The van der Waals surface area contributed by atoms with Crippen molar-refractivity contribution >= 4 is 10.8 Å². The molecule has 0 aliphatic carbocycles. The van der Waals surface area contributed by atoms with Crippen molar-refractivity contribution in [3.63, 3.8) is 0 Å². The van der Waals surface area contributed by atoms with Gasteiger partial charge in [-0.05, 0) is 29.2 Å². The van der Waals surface area contributed by atoms with Gasteiger partial charge >= 0.3 is 0 Å². The Bertz CT molecular complexity index is 395. The molecule has 0 aromatic heterocycles. The summed E-state index contributed by atoms with van der Waals surface area (Å²) in [6, 6.07) is 4.51. The van der Waals surface area contributed by atoms with Gasteiger partial charge in [0.15, 0.2) is 0 Å². The molecule has 4 heteroatoms. The van der Waals surface area contributed by atoms with Crippen LogP contribution < -0.4 is 5.73 Å². The highest BCUT2D eigenvalue weighted by atomic mass is 32.2. The minimum atomic E-state index is -0.943. The molecule has 2 N–H and O–H groups in total. The third-order valence-electron chi connectivity index (χ3n) is 2.87. The van der Waals surface area contributed by atoms with Crippen molar-refractivity contribution in [1.29, 1.82) is 0 Å². The number of hydrogen-bond acceptors (Lipinski definition) is 2. The molecule has 0 saturated carbocycles. The molecular formula is C13H20FNOS. The van der Waals surface area contributed by atoms with E-state index in [0.717, 1.165) is 17.5 Å². The second-order valence-electron chi connectivity index (χ2n) is 4.38. The zero-order valence-corrected chi connectivity index (χ0v) is 11.2. The maximum Gasteiger partial charge on any atom is 0.123 e. The first-order chi connectivity index (χ1) is 8.06. The number of halogens is 1. The van der Waals surface area contributed by atoms with Gasteiger partial charge in [-0.1, -0.05) is 26.3 Å². The highest BCUT2D eigenvalue weighted by Crippen LogP contribution is 2.15.